The summed E-state index contributed by atoms with van der Waals surface area (Å²) in [6, 6.07) is 3.86. The Kier molecular flexibility index (Phi) is 1.83. The minimum absolute atomic E-state index is 0.954. The molecule has 0 saturated carbocycles. The number of nitrogens with zero attached hydrogens (tertiary/aromatic N) is 3. The molecule has 0 unspecified atom stereocenters. The Balaban J connectivity index is 2.45. The van der Waals surface area contributed by atoms with Crippen molar-refractivity contribution in [2.45, 2.75) is 6.92 Å². The molecule has 0 fully saturated rings. The highest BCUT2D eigenvalue weighted by molar-refractivity contribution is 7.14. The molecule has 2 heterocycles. The standard InChI is InChI=1S/C8H7N3S/c1-6-10-11-8(12-6)7-2-4-9-5-3-7/h2-5H,1H3. The van der Waals surface area contributed by atoms with Crippen molar-refractivity contribution in [2.75, 3.05) is 0 Å². The van der Waals surface area contributed by atoms with Gasteiger partial charge in [-0.25, -0.2) is 0 Å². The smallest absolute Gasteiger partial charge is 0.147 e. The van der Waals surface area contributed by atoms with Crippen molar-refractivity contribution >= 4 is 11.3 Å². The highest BCUT2D eigenvalue weighted by atomic mass is 32.1. The predicted octanol–water partition coefficient (Wildman–Crippen LogP) is 1.91. The van der Waals surface area contributed by atoms with Crippen LogP contribution < -0.4 is 0 Å². The highest BCUT2D eigenvalue weighted by Gasteiger charge is 2.01. The van der Waals surface area contributed by atoms with E-state index < -0.39 is 0 Å². The van der Waals surface area contributed by atoms with Gasteiger partial charge in [-0.2, -0.15) is 0 Å². The van der Waals surface area contributed by atoms with E-state index >= 15 is 0 Å². The second kappa shape index (κ2) is 2.98. The predicted molar refractivity (Wildman–Crippen MR) is 47.9 cm³/mol. The summed E-state index contributed by atoms with van der Waals surface area (Å²) >= 11 is 1.59. The molecule has 2 aromatic rings. The lowest BCUT2D eigenvalue weighted by Crippen LogP contribution is -1.76. The Hall–Kier alpha value is -1.29. The lowest BCUT2D eigenvalue weighted by atomic mass is 10.3. The Morgan fingerprint density at radius 2 is 1.92 bits per heavy atom. The van der Waals surface area contributed by atoms with E-state index in [1.807, 2.05) is 19.1 Å². The van der Waals surface area contributed by atoms with Gasteiger partial charge in [-0.1, -0.05) is 11.3 Å². The van der Waals surface area contributed by atoms with E-state index in [-0.39, 0.29) is 0 Å². The summed E-state index contributed by atoms with van der Waals surface area (Å²) in [6.45, 7) is 1.95. The molecule has 0 saturated heterocycles. The largest absolute Gasteiger partial charge is 0.265 e. The molecule has 0 aliphatic carbocycles. The highest BCUT2D eigenvalue weighted by Crippen LogP contribution is 2.21. The number of hydrogen-bond donors (Lipinski definition) is 0. The summed E-state index contributed by atoms with van der Waals surface area (Å²) in [5.41, 5.74) is 1.08. The van der Waals surface area contributed by atoms with Gasteiger partial charge in [0, 0.05) is 18.0 Å². The van der Waals surface area contributed by atoms with Crippen LogP contribution in [-0.2, 0) is 0 Å². The molecule has 0 aliphatic rings. The second-order valence-electron chi connectivity index (χ2n) is 2.36. The minimum atomic E-state index is 0.954. The summed E-state index contributed by atoms with van der Waals surface area (Å²) in [6.07, 6.45) is 3.51. The summed E-state index contributed by atoms with van der Waals surface area (Å²) in [5, 5.41) is 9.91. The molecule has 0 aliphatic heterocycles. The molecule has 2 aromatic heterocycles. The minimum Gasteiger partial charge on any atom is -0.265 e. The van der Waals surface area contributed by atoms with Crippen LogP contribution in [0.1, 0.15) is 5.01 Å². The summed E-state index contributed by atoms with van der Waals surface area (Å²) < 4.78 is 0. The van der Waals surface area contributed by atoms with Crippen LogP contribution in [0.25, 0.3) is 10.6 Å². The van der Waals surface area contributed by atoms with Crippen LogP contribution in [0.4, 0.5) is 0 Å². The van der Waals surface area contributed by atoms with Crippen molar-refractivity contribution in [3.63, 3.8) is 0 Å². The monoisotopic (exact) mass is 177 g/mol. The maximum absolute atomic E-state index is 4.03. The van der Waals surface area contributed by atoms with Crippen LogP contribution in [-0.4, -0.2) is 15.2 Å². The average Bonchev–Trinajstić information content (AvgIpc) is 2.54. The van der Waals surface area contributed by atoms with Crippen LogP contribution in [0.5, 0.6) is 0 Å². The Labute approximate surface area is 74.1 Å². The Morgan fingerprint density at radius 1 is 1.17 bits per heavy atom. The Bertz CT molecular complexity index is 369. The Morgan fingerprint density at radius 3 is 2.50 bits per heavy atom. The number of aryl methyl sites for hydroxylation is 1. The number of rotatable bonds is 1. The first-order valence-corrected chi connectivity index (χ1v) is 4.38. The first kappa shape index (κ1) is 7.36. The zero-order valence-corrected chi connectivity index (χ0v) is 7.38. The molecule has 2 rings (SSSR count). The van der Waals surface area contributed by atoms with Crippen molar-refractivity contribution in [2.24, 2.45) is 0 Å². The molecule has 0 radical (unpaired) electrons. The van der Waals surface area contributed by atoms with Gasteiger partial charge in [-0.3, -0.25) is 4.98 Å². The van der Waals surface area contributed by atoms with Gasteiger partial charge >= 0.3 is 0 Å². The summed E-state index contributed by atoms with van der Waals surface area (Å²) in [4.78, 5) is 3.93. The second-order valence-corrected chi connectivity index (χ2v) is 3.54. The van der Waals surface area contributed by atoms with Crippen LogP contribution in [0.15, 0.2) is 24.5 Å². The fraction of sp³-hybridized carbons (Fsp3) is 0.125. The third kappa shape index (κ3) is 1.33. The van der Waals surface area contributed by atoms with E-state index in [9.17, 15) is 0 Å². The zero-order valence-electron chi connectivity index (χ0n) is 6.56. The SMILES string of the molecule is Cc1nnc(-c2ccncc2)s1. The molecule has 0 atom stereocenters. The van der Waals surface area contributed by atoms with Gasteiger partial charge in [-0.05, 0) is 19.1 Å². The molecule has 60 valence electrons. The molecule has 0 aromatic carbocycles. The van der Waals surface area contributed by atoms with Gasteiger partial charge in [0.1, 0.15) is 10.0 Å². The third-order valence-electron chi connectivity index (χ3n) is 1.45. The molecule has 0 spiro atoms. The van der Waals surface area contributed by atoms with E-state index in [4.69, 9.17) is 0 Å². The normalized spacial score (nSPS) is 10.1. The first-order chi connectivity index (χ1) is 5.86. The zero-order chi connectivity index (χ0) is 8.39. The fourth-order valence-electron chi connectivity index (χ4n) is 0.908. The molecule has 12 heavy (non-hydrogen) atoms. The van der Waals surface area contributed by atoms with E-state index in [0.29, 0.717) is 0 Å². The van der Waals surface area contributed by atoms with Crippen molar-refractivity contribution in [3.05, 3.63) is 29.5 Å². The molecule has 4 heteroatoms. The lowest BCUT2D eigenvalue weighted by molar-refractivity contribution is 1.05. The van der Waals surface area contributed by atoms with Gasteiger partial charge in [0.25, 0.3) is 0 Å². The maximum atomic E-state index is 4.03. The van der Waals surface area contributed by atoms with Gasteiger partial charge in [0.2, 0.25) is 0 Å². The van der Waals surface area contributed by atoms with Gasteiger partial charge < -0.3 is 0 Å². The quantitative estimate of drug-likeness (QED) is 0.667. The molecule has 0 bridgehead atoms. The van der Waals surface area contributed by atoms with Crippen LogP contribution in [0, 0.1) is 6.92 Å². The average molecular weight is 177 g/mol. The maximum Gasteiger partial charge on any atom is 0.147 e. The van der Waals surface area contributed by atoms with E-state index in [0.717, 1.165) is 15.6 Å². The van der Waals surface area contributed by atoms with Gasteiger partial charge in [-0.15, -0.1) is 10.2 Å². The summed E-state index contributed by atoms with van der Waals surface area (Å²) in [5.74, 6) is 0. The number of pyridine rings is 1. The van der Waals surface area contributed by atoms with Crippen LogP contribution in [0.3, 0.4) is 0 Å². The number of hydrogen-bond acceptors (Lipinski definition) is 4. The molecular formula is C8H7N3S. The molecule has 0 N–H and O–H groups in total. The van der Waals surface area contributed by atoms with Crippen molar-refractivity contribution in [3.8, 4) is 10.6 Å². The third-order valence-corrected chi connectivity index (χ3v) is 2.34. The van der Waals surface area contributed by atoms with E-state index in [2.05, 4.69) is 15.2 Å². The topological polar surface area (TPSA) is 38.7 Å². The molecular weight excluding hydrogens is 170 g/mol. The summed E-state index contributed by atoms with van der Waals surface area (Å²) in [7, 11) is 0. The van der Waals surface area contributed by atoms with Crippen LogP contribution in [0.2, 0.25) is 0 Å². The van der Waals surface area contributed by atoms with Crippen molar-refractivity contribution in [1.82, 2.24) is 15.2 Å². The molecule has 0 amide bonds. The first-order valence-electron chi connectivity index (χ1n) is 3.57. The van der Waals surface area contributed by atoms with E-state index in [1.165, 1.54) is 0 Å². The van der Waals surface area contributed by atoms with Gasteiger partial charge in [0.05, 0.1) is 0 Å². The number of aromatic nitrogens is 3. The van der Waals surface area contributed by atoms with Crippen molar-refractivity contribution in [1.29, 1.82) is 0 Å². The molecule has 3 nitrogen and oxygen atoms in total. The van der Waals surface area contributed by atoms with E-state index in [1.54, 1.807) is 23.7 Å². The fourth-order valence-corrected chi connectivity index (χ4v) is 1.60. The van der Waals surface area contributed by atoms with Crippen LogP contribution >= 0.6 is 11.3 Å². The van der Waals surface area contributed by atoms with Gasteiger partial charge in [0.15, 0.2) is 0 Å². The lowest BCUT2D eigenvalue weighted by Gasteiger charge is -1.90. The van der Waals surface area contributed by atoms with Crippen molar-refractivity contribution < 1.29 is 0 Å².